The summed E-state index contributed by atoms with van der Waals surface area (Å²) in [5, 5.41) is 1.30. The lowest BCUT2D eigenvalue weighted by molar-refractivity contribution is 0.0825. The summed E-state index contributed by atoms with van der Waals surface area (Å²) in [4.78, 5) is 8.60. The molecule has 3 aromatic rings. The highest BCUT2D eigenvalue weighted by Gasteiger charge is 2.26. The van der Waals surface area contributed by atoms with E-state index in [0.29, 0.717) is 6.04 Å². The van der Waals surface area contributed by atoms with Gasteiger partial charge in [-0.05, 0) is 30.1 Å². The number of piperazine rings is 1. The maximum absolute atomic E-state index is 3.57. The van der Waals surface area contributed by atoms with Crippen molar-refractivity contribution in [2.45, 2.75) is 12.6 Å². The molecule has 0 aliphatic carbocycles. The topological polar surface area (TPSA) is 22.3 Å². The molecule has 1 aliphatic heterocycles. The van der Waals surface area contributed by atoms with E-state index in [1.807, 2.05) is 0 Å². The van der Waals surface area contributed by atoms with Crippen LogP contribution in [-0.2, 0) is 6.54 Å². The highest BCUT2D eigenvalue weighted by molar-refractivity contribution is 5.80. The van der Waals surface area contributed by atoms with E-state index in [4.69, 9.17) is 0 Å². The summed E-state index contributed by atoms with van der Waals surface area (Å²) >= 11 is 0. The average Bonchev–Trinajstić information content (AvgIpc) is 2.99. The van der Waals surface area contributed by atoms with Crippen LogP contribution in [0.15, 0.2) is 60.7 Å². The summed E-state index contributed by atoms with van der Waals surface area (Å²) in [5.41, 5.74) is 3.94. The van der Waals surface area contributed by atoms with Gasteiger partial charge in [0.2, 0.25) is 0 Å². The predicted octanol–water partition coefficient (Wildman–Crippen LogP) is 3.66. The van der Waals surface area contributed by atoms with Gasteiger partial charge in [-0.2, -0.15) is 0 Å². The molecule has 3 nitrogen and oxygen atoms in total. The summed E-state index contributed by atoms with van der Waals surface area (Å²) in [6.45, 7) is 4.29. The van der Waals surface area contributed by atoms with Crippen LogP contribution in [0.4, 0.5) is 0 Å². The van der Waals surface area contributed by atoms with Gasteiger partial charge in [-0.25, -0.2) is 0 Å². The van der Waals surface area contributed by atoms with Crippen molar-refractivity contribution < 1.29 is 0 Å². The highest BCUT2D eigenvalue weighted by atomic mass is 15.3. The number of hydrogen-bond acceptors (Lipinski definition) is 2. The number of nitrogens with zero attached hydrogens (tertiary/aromatic N) is 2. The second kappa shape index (κ2) is 6.19. The molecule has 0 saturated carbocycles. The van der Waals surface area contributed by atoms with Crippen molar-refractivity contribution in [2.24, 2.45) is 0 Å². The first-order valence-corrected chi connectivity index (χ1v) is 8.34. The quantitative estimate of drug-likeness (QED) is 0.798. The van der Waals surface area contributed by atoms with Crippen molar-refractivity contribution in [1.82, 2.24) is 14.8 Å². The fourth-order valence-electron chi connectivity index (χ4n) is 3.58. The molecule has 0 radical (unpaired) electrons. The van der Waals surface area contributed by atoms with Crippen molar-refractivity contribution in [1.29, 1.82) is 0 Å². The fourth-order valence-corrected chi connectivity index (χ4v) is 3.58. The SMILES string of the molecule is CN1CCN(Cc2cc3ccccc3[nH]2)C(c2ccccc2)C1. The van der Waals surface area contributed by atoms with Crippen molar-refractivity contribution >= 4 is 10.9 Å². The minimum atomic E-state index is 0.460. The van der Waals surface area contributed by atoms with Crippen molar-refractivity contribution in [3.8, 4) is 0 Å². The number of hydrogen-bond donors (Lipinski definition) is 1. The van der Waals surface area contributed by atoms with Gasteiger partial charge in [0.1, 0.15) is 0 Å². The zero-order valence-electron chi connectivity index (χ0n) is 13.6. The smallest absolute Gasteiger partial charge is 0.0479 e. The molecule has 23 heavy (non-hydrogen) atoms. The van der Waals surface area contributed by atoms with Crippen molar-refractivity contribution in [3.05, 3.63) is 71.9 Å². The Bertz CT molecular complexity index is 745. The van der Waals surface area contributed by atoms with Crippen LogP contribution in [0.3, 0.4) is 0 Å². The fraction of sp³-hybridized carbons (Fsp3) is 0.300. The van der Waals surface area contributed by atoms with Gasteiger partial charge in [-0.1, -0.05) is 48.5 Å². The molecule has 1 aliphatic rings. The standard InChI is InChI=1S/C20H23N3/c1-22-11-12-23(20(15-22)16-7-3-2-4-8-16)14-18-13-17-9-5-6-10-19(17)21-18/h2-10,13,20-21H,11-12,14-15H2,1H3. The number of fused-ring (bicyclic) bond motifs is 1. The minimum absolute atomic E-state index is 0.460. The molecule has 1 saturated heterocycles. The Morgan fingerprint density at radius 1 is 1.00 bits per heavy atom. The van der Waals surface area contributed by atoms with Crippen molar-refractivity contribution in [3.63, 3.8) is 0 Å². The third-order valence-electron chi connectivity index (χ3n) is 4.84. The normalized spacial score (nSPS) is 20.1. The Hall–Kier alpha value is -2.10. The van der Waals surface area contributed by atoms with Crippen LogP contribution < -0.4 is 0 Å². The van der Waals surface area contributed by atoms with Crippen LogP contribution in [0.5, 0.6) is 0 Å². The Labute approximate surface area is 137 Å². The number of para-hydroxylation sites is 1. The number of H-pyrrole nitrogens is 1. The summed E-state index contributed by atoms with van der Waals surface area (Å²) in [6.07, 6.45) is 0. The van der Waals surface area contributed by atoms with Gasteiger partial charge >= 0.3 is 0 Å². The molecule has 0 amide bonds. The molecular formula is C20H23N3. The van der Waals surface area contributed by atoms with Crippen LogP contribution in [0, 0.1) is 0 Å². The summed E-state index contributed by atoms with van der Waals surface area (Å²) in [5.74, 6) is 0. The molecule has 1 N–H and O–H groups in total. The summed E-state index contributed by atoms with van der Waals surface area (Å²) < 4.78 is 0. The van der Waals surface area contributed by atoms with Gasteiger partial charge in [0, 0.05) is 43.4 Å². The molecule has 4 rings (SSSR count). The second-order valence-electron chi connectivity index (χ2n) is 6.54. The van der Waals surface area contributed by atoms with Crippen LogP contribution in [0.2, 0.25) is 0 Å². The molecule has 2 aromatic carbocycles. The highest BCUT2D eigenvalue weighted by Crippen LogP contribution is 2.27. The zero-order chi connectivity index (χ0) is 15.6. The lowest BCUT2D eigenvalue weighted by atomic mass is 10.0. The van der Waals surface area contributed by atoms with Crippen molar-refractivity contribution in [2.75, 3.05) is 26.7 Å². The molecule has 3 heteroatoms. The van der Waals surface area contributed by atoms with Crippen LogP contribution in [-0.4, -0.2) is 41.5 Å². The Kier molecular flexibility index (Phi) is 3.90. The van der Waals surface area contributed by atoms with E-state index in [-0.39, 0.29) is 0 Å². The molecule has 0 bridgehead atoms. The van der Waals surface area contributed by atoms with Gasteiger partial charge in [-0.15, -0.1) is 0 Å². The van der Waals surface area contributed by atoms with E-state index in [1.165, 1.54) is 22.2 Å². The average molecular weight is 305 g/mol. The van der Waals surface area contributed by atoms with E-state index < -0.39 is 0 Å². The molecule has 1 fully saturated rings. The number of benzene rings is 2. The zero-order valence-corrected chi connectivity index (χ0v) is 13.6. The Balaban J connectivity index is 1.60. The van der Waals surface area contributed by atoms with Gasteiger partial charge in [-0.3, -0.25) is 4.90 Å². The first kappa shape index (κ1) is 14.5. The minimum Gasteiger partial charge on any atom is -0.357 e. The van der Waals surface area contributed by atoms with E-state index in [0.717, 1.165) is 26.2 Å². The molecule has 2 heterocycles. The molecule has 1 aromatic heterocycles. The largest absolute Gasteiger partial charge is 0.357 e. The monoisotopic (exact) mass is 305 g/mol. The third-order valence-corrected chi connectivity index (χ3v) is 4.84. The van der Waals surface area contributed by atoms with Gasteiger partial charge in [0.05, 0.1) is 0 Å². The second-order valence-corrected chi connectivity index (χ2v) is 6.54. The maximum atomic E-state index is 3.57. The summed E-state index contributed by atoms with van der Waals surface area (Å²) in [6, 6.07) is 22.1. The number of aromatic amines is 1. The Morgan fingerprint density at radius 3 is 2.61 bits per heavy atom. The summed E-state index contributed by atoms with van der Waals surface area (Å²) in [7, 11) is 2.22. The molecule has 1 unspecified atom stereocenters. The molecular weight excluding hydrogens is 282 g/mol. The third kappa shape index (κ3) is 3.03. The van der Waals surface area contributed by atoms with E-state index in [1.54, 1.807) is 0 Å². The van der Waals surface area contributed by atoms with Crippen LogP contribution in [0.25, 0.3) is 10.9 Å². The molecule has 1 atom stereocenters. The lowest BCUT2D eigenvalue weighted by Crippen LogP contribution is -2.46. The van der Waals surface area contributed by atoms with E-state index >= 15 is 0 Å². The maximum Gasteiger partial charge on any atom is 0.0479 e. The van der Waals surface area contributed by atoms with Crippen LogP contribution >= 0.6 is 0 Å². The molecule has 0 spiro atoms. The van der Waals surface area contributed by atoms with Gasteiger partial charge in [0.15, 0.2) is 0 Å². The number of likely N-dealkylation sites (N-methyl/N-ethyl adjacent to an activating group) is 1. The number of aromatic nitrogens is 1. The first-order chi connectivity index (χ1) is 11.3. The molecule has 118 valence electrons. The predicted molar refractivity (Wildman–Crippen MR) is 95.4 cm³/mol. The number of rotatable bonds is 3. The van der Waals surface area contributed by atoms with E-state index in [2.05, 4.69) is 82.5 Å². The van der Waals surface area contributed by atoms with Gasteiger partial charge in [0.25, 0.3) is 0 Å². The Morgan fingerprint density at radius 2 is 1.78 bits per heavy atom. The number of nitrogens with one attached hydrogen (secondary N) is 1. The van der Waals surface area contributed by atoms with Crippen LogP contribution in [0.1, 0.15) is 17.3 Å². The van der Waals surface area contributed by atoms with E-state index in [9.17, 15) is 0 Å². The lowest BCUT2D eigenvalue weighted by Gasteiger charge is -2.40. The van der Waals surface area contributed by atoms with Gasteiger partial charge < -0.3 is 9.88 Å². The first-order valence-electron chi connectivity index (χ1n) is 8.34.